The van der Waals surface area contributed by atoms with Gasteiger partial charge in [-0.2, -0.15) is 0 Å². The van der Waals surface area contributed by atoms with Gasteiger partial charge in [0.25, 0.3) is 0 Å². The molecule has 0 spiro atoms. The van der Waals surface area contributed by atoms with Gasteiger partial charge in [0.15, 0.2) is 0 Å². The van der Waals surface area contributed by atoms with Gasteiger partial charge in [-0.05, 0) is 50.1 Å². The molecule has 0 bridgehead atoms. The molecule has 0 radical (unpaired) electrons. The molecule has 3 heteroatoms. The molecule has 0 saturated heterocycles. The van der Waals surface area contributed by atoms with E-state index in [1.54, 1.807) is 12.4 Å². The number of ether oxygens (including phenoxy) is 1. The minimum Gasteiger partial charge on any atom is -0.484 e. The molecule has 3 nitrogen and oxygen atoms in total. The van der Waals surface area contributed by atoms with Crippen LogP contribution >= 0.6 is 0 Å². The predicted octanol–water partition coefficient (Wildman–Crippen LogP) is 3.17. The summed E-state index contributed by atoms with van der Waals surface area (Å²) in [6.07, 6.45) is 3.36. The van der Waals surface area contributed by atoms with Crippen molar-refractivity contribution in [1.29, 1.82) is 0 Å². The topological polar surface area (TPSA) is 48.1 Å². The van der Waals surface area contributed by atoms with Crippen molar-refractivity contribution in [2.45, 2.75) is 32.9 Å². The number of pyridine rings is 1. The van der Waals surface area contributed by atoms with Gasteiger partial charge in [0.2, 0.25) is 0 Å². The molecule has 0 saturated carbocycles. The fraction of sp³-hybridized carbons (Fsp3) is 0.312. The van der Waals surface area contributed by atoms with Crippen molar-refractivity contribution in [2.24, 2.45) is 5.73 Å². The molecule has 2 aromatic rings. The second-order valence-corrected chi connectivity index (χ2v) is 4.95. The van der Waals surface area contributed by atoms with Crippen LogP contribution in [0.15, 0.2) is 42.7 Å². The Bertz CT molecular complexity index is 538. The van der Waals surface area contributed by atoms with Crippen LogP contribution in [0.2, 0.25) is 0 Å². The average Bonchev–Trinajstić information content (AvgIpc) is 2.38. The maximum absolute atomic E-state index is 6.09. The van der Waals surface area contributed by atoms with Crippen LogP contribution < -0.4 is 10.5 Å². The fourth-order valence-corrected chi connectivity index (χ4v) is 2.10. The summed E-state index contributed by atoms with van der Waals surface area (Å²) in [5.41, 5.74) is 9.45. The van der Waals surface area contributed by atoms with Crippen LogP contribution in [-0.2, 0) is 0 Å². The van der Waals surface area contributed by atoms with Crippen LogP contribution in [0.4, 0.5) is 0 Å². The summed E-state index contributed by atoms with van der Waals surface area (Å²) in [5, 5.41) is 0. The number of hydrogen-bond acceptors (Lipinski definition) is 3. The van der Waals surface area contributed by atoms with E-state index in [9.17, 15) is 0 Å². The third-order valence-corrected chi connectivity index (χ3v) is 3.10. The molecular formula is C16H20N2O. The Morgan fingerprint density at radius 3 is 2.37 bits per heavy atom. The highest BCUT2D eigenvalue weighted by atomic mass is 16.5. The molecule has 0 aliphatic rings. The SMILES string of the molecule is Cc1ccc(OC(c2ccncc2)C(C)N)c(C)c1. The van der Waals surface area contributed by atoms with Crippen molar-refractivity contribution in [3.63, 3.8) is 0 Å². The summed E-state index contributed by atoms with van der Waals surface area (Å²) in [5.74, 6) is 0.879. The van der Waals surface area contributed by atoms with Gasteiger partial charge < -0.3 is 10.5 Å². The lowest BCUT2D eigenvalue weighted by atomic mass is 10.0. The minimum atomic E-state index is -0.163. The zero-order valence-corrected chi connectivity index (χ0v) is 11.6. The van der Waals surface area contributed by atoms with Gasteiger partial charge >= 0.3 is 0 Å². The standard InChI is InChI=1S/C16H20N2O/c1-11-4-5-15(12(2)10-11)19-16(13(3)17)14-6-8-18-9-7-14/h4-10,13,16H,17H2,1-3H3. The Hall–Kier alpha value is -1.87. The van der Waals surface area contributed by atoms with Crippen LogP contribution in [0, 0.1) is 13.8 Å². The maximum Gasteiger partial charge on any atom is 0.139 e. The van der Waals surface area contributed by atoms with Crippen molar-refractivity contribution < 1.29 is 4.74 Å². The Kier molecular flexibility index (Phi) is 4.17. The predicted molar refractivity (Wildman–Crippen MR) is 77.2 cm³/mol. The van der Waals surface area contributed by atoms with Crippen molar-refractivity contribution in [1.82, 2.24) is 4.98 Å². The van der Waals surface area contributed by atoms with Crippen LogP contribution in [0.1, 0.15) is 29.7 Å². The van der Waals surface area contributed by atoms with E-state index in [1.165, 1.54) is 5.56 Å². The third-order valence-electron chi connectivity index (χ3n) is 3.10. The number of rotatable bonds is 4. The van der Waals surface area contributed by atoms with E-state index in [2.05, 4.69) is 18.0 Å². The van der Waals surface area contributed by atoms with Gasteiger partial charge in [-0.1, -0.05) is 17.7 Å². The summed E-state index contributed by atoms with van der Waals surface area (Å²) in [6.45, 7) is 6.07. The van der Waals surface area contributed by atoms with Crippen LogP contribution in [0.3, 0.4) is 0 Å². The summed E-state index contributed by atoms with van der Waals surface area (Å²) in [6, 6.07) is 9.95. The van der Waals surface area contributed by atoms with Crippen molar-refractivity contribution >= 4 is 0 Å². The molecule has 2 N–H and O–H groups in total. The van der Waals surface area contributed by atoms with Gasteiger partial charge in [-0.15, -0.1) is 0 Å². The van der Waals surface area contributed by atoms with Gasteiger partial charge in [0.1, 0.15) is 11.9 Å². The van der Waals surface area contributed by atoms with Crippen LogP contribution in [0.25, 0.3) is 0 Å². The first-order chi connectivity index (χ1) is 9.08. The molecule has 2 rings (SSSR count). The molecule has 100 valence electrons. The Morgan fingerprint density at radius 2 is 1.79 bits per heavy atom. The highest BCUT2D eigenvalue weighted by Gasteiger charge is 2.18. The Balaban J connectivity index is 2.27. The number of aryl methyl sites for hydroxylation is 2. The summed E-state index contributed by atoms with van der Waals surface area (Å²) < 4.78 is 6.09. The number of aromatic nitrogens is 1. The molecule has 0 aliphatic carbocycles. The number of hydrogen-bond donors (Lipinski definition) is 1. The highest BCUT2D eigenvalue weighted by molar-refractivity contribution is 5.36. The molecule has 2 atom stereocenters. The highest BCUT2D eigenvalue weighted by Crippen LogP contribution is 2.27. The zero-order chi connectivity index (χ0) is 13.8. The van der Waals surface area contributed by atoms with E-state index in [0.717, 1.165) is 16.9 Å². The number of benzene rings is 1. The van der Waals surface area contributed by atoms with Gasteiger partial charge in [0.05, 0.1) is 0 Å². The van der Waals surface area contributed by atoms with Crippen LogP contribution in [-0.4, -0.2) is 11.0 Å². The minimum absolute atomic E-state index is 0.0943. The molecule has 19 heavy (non-hydrogen) atoms. The van der Waals surface area contributed by atoms with Gasteiger partial charge in [-0.25, -0.2) is 0 Å². The van der Waals surface area contributed by atoms with Crippen molar-refractivity contribution in [2.75, 3.05) is 0 Å². The average molecular weight is 256 g/mol. The van der Waals surface area contributed by atoms with Crippen molar-refractivity contribution in [3.8, 4) is 5.75 Å². The molecular weight excluding hydrogens is 236 g/mol. The number of nitrogens with two attached hydrogens (primary N) is 1. The number of nitrogens with zero attached hydrogens (tertiary/aromatic N) is 1. The van der Waals surface area contributed by atoms with Crippen molar-refractivity contribution in [3.05, 3.63) is 59.4 Å². The van der Waals surface area contributed by atoms with Gasteiger partial charge in [0, 0.05) is 18.4 Å². The van der Waals surface area contributed by atoms with Gasteiger partial charge in [-0.3, -0.25) is 4.98 Å². The zero-order valence-electron chi connectivity index (χ0n) is 11.6. The molecule has 2 unspecified atom stereocenters. The molecule has 1 heterocycles. The Labute approximate surface area is 114 Å². The normalized spacial score (nSPS) is 13.9. The summed E-state index contributed by atoms with van der Waals surface area (Å²) in [4.78, 5) is 4.03. The lowest BCUT2D eigenvalue weighted by molar-refractivity contribution is 0.179. The van der Waals surface area contributed by atoms with E-state index in [4.69, 9.17) is 10.5 Å². The van der Waals surface area contributed by atoms with E-state index in [1.807, 2.05) is 38.1 Å². The lowest BCUT2D eigenvalue weighted by Crippen LogP contribution is -2.29. The van der Waals surface area contributed by atoms with E-state index < -0.39 is 0 Å². The molecule has 0 amide bonds. The smallest absolute Gasteiger partial charge is 0.139 e. The summed E-state index contributed by atoms with van der Waals surface area (Å²) in [7, 11) is 0. The van der Waals surface area contributed by atoms with Crippen LogP contribution in [0.5, 0.6) is 5.75 Å². The second-order valence-electron chi connectivity index (χ2n) is 4.95. The monoisotopic (exact) mass is 256 g/mol. The quantitative estimate of drug-likeness (QED) is 0.914. The molecule has 1 aromatic carbocycles. The molecule has 0 aliphatic heterocycles. The first-order valence-corrected chi connectivity index (χ1v) is 6.47. The molecule has 0 fully saturated rings. The molecule has 1 aromatic heterocycles. The first kappa shape index (κ1) is 13.6. The van der Waals surface area contributed by atoms with E-state index >= 15 is 0 Å². The largest absolute Gasteiger partial charge is 0.484 e. The Morgan fingerprint density at radius 1 is 1.11 bits per heavy atom. The fourth-order valence-electron chi connectivity index (χ4n) is 2.10. The third kappa shape index (κ3) is 3.32. The van der Waals surface area contributed by atoms with E-state index in [-0.39, 0.29) is 12.1 Å². The second kappa shape index (κ2) is 5.85. The first-order valence-electron chi connectivity index (χ1n) is 6.47. The summed E-state index contributed by atoms with van der Waals surface area (Å²) >= 11 is 0. The lowest BCUT2D eigenvalue weighted by Gasteiger charge is -2.24. The maximum atomic E-state index is 6.09. The van der Waals surface area contributed by atoms with E-state index in [0.29, 0.717) is 0 Å².